The second kappa shape index (κ2) is 5.70. The zero-order chi connectivity index (χ0) is 13.9. The number of nitrogens with one attached hydrogen (secondary N) is 2. The molecular formula is C17H17ClN2. The van der Waals surface area contributed by atoms with Gasteiger partial charge in [0.2, 0.25) is 0 Å². The van der Waals surface area contributed by atoms with Gasteiger partial charge in [-0.15, -0.1) is 0 Å². The Kier molecular flexibility index (Phi) is 3.77. The van der Waals surface area contributed by atoms with Crippen LogP contribution >= 0.6 is 11.6 Å². The predicted molar refractivity (Wildman–Crippen MR) is 85.0 cm³/mol. The van der Waals surface area contributed by atoms with E-state index in [1.807, 2.05) is 24.3 Å². The minimum absolute atomic E-state index is 0.220. The quantitative estimate of drug-likeness (QED) is 0.716. The molecule has 1 aromatic heterocycles. The van der Waals surface area contributed by atoms with Crippen molar-refractivity contribution in [2.45, 2.75) is 19.5 Å². The van der Waals surface area contributed by atoms with Crippen molar-refractivity contribution in [1.82, 2.24) is 10.3 Å². The lowest BCUT2D eigenvalue weighted by Crippen LogP contribution is -2.18. The zero-order valence-corrected chi connectivity index (χ0v) is 12.1. The molecule has 0 saturated carbocycles. The third-order valence-corrected chi connectivity index (χ3v) is 3.99. The maximum atomic E-state index is 6.23. The van der Waals surface area contributed by atoms with Gasteiger partial charge < -0.3 is 10.3 Å². The first kappa shape index (κ1) is 13.2. The van der Waals surface area contributed by atoms with Gasteiger partial charge in [-0.1, -0.05) is 48.0 Å². The lowest BCUT2D eigenvalue weighted by molar-refractivity contribution is 0.576. The van der Waals surface area contributed by atoms with E-state index in [1.165, 1.54) is 16.5 Å². The molecule has 3 heteroatoms. The Bertz CT molecular complexity index is 718. The van der Waals surface area contributed by atoms with Crippen LogP contribution in [-0.4, -0.2) is 4.98 Å². The van der Waals surface area contributed by atoms with Gasteiger partial charge in [-0.25, -0.2) is 0 Å². The number of para-hydroxylation sites is 1. The first-order valence-electron chi connectivity index (χ1n) is 6.78. The highest BCUT2D eigenvalue weighted by atomic mass is 35.5. The summed E-state index contributed by atoms with van der Waals surface area (Å²) in [6, 6.07) is 16.5. The third kappa shape index (κ3) is 2.58. The lowest BCUT2D eigenvalue weighted by atomic mass is 10.1. The monoisotopic (exact) mass is 284 g/mol. The topological polar surface area (TPSA) is 27.8 Å². The van der Waals surface area contributed by atoms with Gasteiger partial charge >= 0.3 is 0 Å². The molecule has 0 radical (unpaired) electrons. The number of hydrogen-bond acceptors (Lipinski definition) is 1. The molecule has 3 aromatic rings. The number of halogens is 1. The molecule has 0 saturated heterocycles. The Labute approximate surface area is 123 Å². The molecule has 1 heterocycles. The molecule has 0 fully saturated rings. The van der Waals surface area contributed by atoms with Crippen LogP contribution in [0.5, 0.6) is 0 Å². The van der Waals surface area contributed by atoms with Crippen molar-refractivity contribution in [3.63, 3.8) is 0 Å². The molecule has 1 atom stereocenters. The van der Waals surface area contributed by atoms with Crippen LogP contribution in [0.3, 0.4) is 0 Å². The molecule has 20 heavy (non-hydrogen) atoms. The van der Waals surface area contributed by atoms with Gasteiger partial charge in [0.1, 0.15) is 0 Å². The molecule has 2 N–H and O–H groups in total. The van der Waals surface area contributed by atoms with E-state index in [2.05, 4.69) is 47.7 Å². The number of fused-ring (bicyclic) bond motifs is 1. The van der Waals surface area contributed by atoms with Crippen LogP contribution in [0, 0.1) is 0 Å². The zero-order valence-electron chi connectivity index (χ0n) is 11.4. The molecule has 0 unspecified atom stereocenters. The number of benzene rings is 2. The van der Waals surface area contributed by atoms with Crippen molar-refractivity contribution < 1.29 is 0 Å². The fourth-order valence-corrected chi connectivity index (χ4v) is 2.78. The molecule has 0 aliphatic carbocycles. The van der Waals surface area contributed by atoms with E-state index in [-0.39, 0.29) is 6.04 Å². The summed E-state index contributed by atoms with van der Waals surface area (Å²) in [6.45, 7) is 2.95. The lowest BCUT2D eigenvalue weighted by Gasteiger charge is -2.15. The fourth-order valence-electron chi connectivity index (χ4n) is 2.48. The second-order valence-electron chi connectivity index (χ2n) is 4.98. The van der Waals surface area contributed by atoms with E-state index in [9.17, 15) is 0 Å². The van der Waals surface area contributed by atoms with E-state index in [1.54, 1.807) is 0 Å². The summed E-state index contributed by atoms with van der Waals surface area (Å²) in [6.07, 6.45) is 2.07. The number of rotatable bonds is 4. The summed E-state index contributed by atoms with van der Waals surface area (Å²) < 4.78 is 0. The Hall–Kier alpha value is -1.77. The van der Waals surface area contributed by atoms with Crippen molar-refractivity contribution in [3.05, 3.63) is 70.9 Å². The van der Waals surface area contributed by atoms with Gasteiger partial charge in [-0.2, -0.15) is 0 Å². The van der Waals surface area contributed by atoms with E-state index in [4.69, 9.17) is 11.6 Å². The molecular weight excluding hydrogens is 268 g/mol. The summed E-state index contributed by atoms with van der Waals surface area (Å²) in [7, 11) is 0. The molecule has 0 spiro atoms. The minimum atomic E-state index is 0.220. The molecule has 0 aliphatic heterocycles. The van der Waals surface area contributed by atoms with Crippen molar-refractivity contribution in [2.24, 2.45) is 0 Å². The van der Waals surface area contributed by atoms with E-state index in [0.29, 0.717) is 0 Å². The van der Waals surface area contributed by atoms with E-state index < -0.39 is 0 Å². The van der Waals surface area contributed by atoms with Gasteiger partial charge in [-0.3, -0.25) is 0 Å². The van der Waals surface area contributed by atoms with Gasteiger partial charge in [0.25, 0.3) is 0 Å². The fraction of sp³-hybridized carbons (Fsp3) is 0.176. The van der Waals surface area contributed by atoms with Crippen LogP contribution in [0.15, 0.2) is 54.7 Å². The summed E-state index contributed by atoms with van der Waals surface area (Å²) in [5, 5.41) is 5.61. The number of H-pyrrole nitrogens is 1. The minimum Gasteiger partial charge on any atom is -0.361 e. The van der Waals surface area contributed by atoms with Crippen molar-refractivity contribution in [1.29, 1.82) is 0 Å². The standard InChI is InChI=1S/C17H17ClN2/c1-12(14-6-2-4-8-16(14)18)19-10-13-11-20-17-9-5-3-7-15(13)17/h2-9,11-12,19-20H,10H2,1H3/t12-/m1/s1. The smallest absolute Gasteiger partial charge is 0.0457 e. The highest BCUT2D eigenvalue weighted by molar-refractivity contribution is 6.31. The second-order valence-corrected chi connectivity index (χ2v) is 5.39. The van der Waals surface area contributed by atoms with Gasteiger partial charge in [0.15, 0.2) is 0 Å². The van der Waals surface area contributed by atoms with E-state index >= 15 is 0 Å². The third-order valence-electron chi connectivity index (χ3n) is 3.65. The first-order chi connectivity index (χ1) is 9.75. The molecule has 3 rings (SSSR count). The van der Waals surface area contributed by atoms with Gasteiger partial charge in [-0.05, 0) is 30.2 Å². The normalized spacial score (nSPS) is 12.7. The number of aromatic amines is 1. The molecule has 2 aromatic carbocycles. The van der Waals surface area contributed by atoms with Crippen molar-refractivity contribution in [2.75, 3.05) is 0 Å². The molecule has 2 nitrogen and oxygen atoms in total. The van der Waals surface area contributed by atoms with Crippen LogP contribution in [0.1, 0.15) is 24.1 Å². The maximum Gasteiger partial charge on any atom is 0.0457 e. The van der Waals surface area contributed by atoms with Crippen molar-refractivity contribution in [3.8, 4) is 0 Å². The van der Waals surface area contributed by atoms with Gasteiger partial charge in [0, 0.05) is 34.7 Å². The van der Waals surface area contributed by atoms with Crippen LogP contribution < -0.4 is 5.32 Å². The number of aromatic nitrogens is 1. The van der Waals surface area contributed by atoms with Crippen LogP contribution in [0.25, 0.3) is 10.9 Å². The van der Waals surface area contributed by atoms with Gasteiger partial charge in [0.05, 0.1) is 0 Å². The van der Waals surface area contributed by atoms with Crippen LogP contribution in [-0.2, 0) is 6.54 Å². The van der Waals surface area contributed by atoms with Crippen molar-refractivity contribution >= 4 is 22.5 Å². The Morgan fingerprint density at radius 2 is 1.85 bits per heavy atom. The summed E-state index contributed by atoms with van der Waals surface area (Å²) in [4.78, 5) is 3.30. The summed E-state index contributed by atoms with van der Waals surface area (Å²) in [5.74, 6) is 0. The molecule has 0 amide bonds. The Morgan fingerprint density at radius 1 is 1.10 bits per heavy atom. The largest absolute Gasteiger partial charge is 0.361 e. The predicted octanol–water partition coefficient (Wildman–Crippen LogP) is 4.67. The Morgan fingerprint density at radius 3 is 2.70 bits per heavy atom. The average molecular weight is 285 g/mol. The summed E-state index contributed by atoms with van der Waals surface area (Å²) in [5.41, 5.74) is 3.59. The average Bonchev–Trinajstić information content (AvgIpc) is 2.88. The first-order valence-corrected chi connectivity index (χ1v) is 7.16. The van der Waals surface area contributed by atoms with Crippen LogP contribution in [0.2, 0.25) is 5.02 Å². The maximum absolute atomic E-state index is 6.23. The highest BCUT2D eigenvalue weighted by Crippen LogP contribution is 2.23. The Balaban J connectivity index is 1.75. The highest BCUT2D eigenvalue weighted by Gasteiger charge is 2.09. The van der Waals surface area contributed by atoms with E-state index in [0.717, 1.165) is 17.1 Å². The molecule has 0 aliphatic rings. The SMILES string of the molecule is C[C@@H](NCc1c[nH]c2ccccc12)c1ccccc1Cl. The molecule has 0 bridgehead atoms. The molecule has 102 valence electrons. The number of hydrogen-bond donors (Lipinski definition) is 2. The van der Waals surface area contributed by atoms with Crippen LogP contribution in [0.4, 0.5) is 0 Å². The summed E-state index contributed by atoms with van der Waals surface area (Å²) >= 11 is 6.23.